The zero-order chi connectivity index (χ0) is 13.5. The summed E-state index contributed by atoms with van der Waals surface area (Å²) in [4.78, 5) is 0. The molecule has 0 saturated carbocycles. The van der Waals surface area contributed by atoms with Crippen molar-refractivity contribution in [2.24, 2.45) is 0 Å². The number of ether oxygens (including phenoxy) is 1. The van der Waals surface area contributed by atoms with Crippen molar-refractivity contribution in [3.8, 4) is 5.75 Å². The van der Waals surface area contributed by atoms with E-state index in [2.05, 4.69) is 10.4 Å². The van der Waals surface area contributed by atoms with Crippen LogP contribution in [0.1, 0.15) is 11.1 Å². The first-order chi connectivity index (χ1) is 9.31. The van der Waals surface area contributed by atoms with Crippen LogP contribution >= 0.6 is 0 Å². The van der Waals surface area contributed by atoms with Crippen LogP contribution in [0, 0.1) is 0 Å². The summed E-state index contributed by atoms with van der Waals surface area (Å²) in [7, 11) is 1.66. The lowest BCUT2D eigenvalue weighted by Crippen LogP contribution is -2.12. The van der Waals surface area contributed by atoms with Gasteiger partial charge in [-0.25, -0.2) is 4.39 Å². The van der Waals surface area contributed by atoms with Crippen LogP contribution in [0.2, 0.25) is 0 Å². The Labute approximate surface area is 112 Å². The molecule has 5 heteroatoms. The van der Waals surface area contributed by atoms with E-state index in [4.69, 9.17) is 4.74 Å². The zero-order valence-electron chi connectivity index (χ0n) is 11.0. The molecule has 0 bridgehead atoms. The summed E-state index contributed by atoms with van der Waals surface area (Å²) in [5, 5.41) is 7.40. The molecule has 1 heterocycles. The first kappa shape index (κ1) is 13.5. The minimum Gasteiger partial charge on any atom is -0.497 e. The largest absolute Gasteiger partial charge is 0.497 e. The number of hydrogen-bond donors (Lipinski definition) is 1. The quantitative estimate of drug-likeness (QED) is 0.832. The van der Waals surface area contributed by atoms with E-state index < -0.39 is 6.67 Å². The van der Waals surface area contributed by atoms with E-state index in [0.717, 1.165) is 23.4 Å². The third-order valence-electron chi connectivity index (χ3n) is 2.79. The number of nitrogens with zero attached hydrogens (tertiary/aromatic N) is 2. The van der Waals surface area contributed by atoms with Gasteiger partial charge >= 0.3 is 0 Å². The minimum absolute atomic E-state index is 0.315. The zero-order valence-corrected chi connectivity index (χ0v) is 11.0. The van der Waals surface area contributed by atoms with E-state index in [1.54, 1.807) is 18.0 Å². The van der Waals surface area contributed by atoms with Crippen LogP contribution < -0.4 is 10.1 Å². The molecule has 0 atom stereocenters. The highest BCUT2D eigenvalue weighted by molar-refractivity contribution is 5.28. The predicted octanol–water partition coefficient (Wildman–Crippen LogP) is 2.15. The van der Waals surface area contributed by atoms with E-state index in [0.29, 0.717) is 13.1 Å². The fourth-order valence-corrected chi connectivity index (χ4v) is 1.84. The molecule has 19 heavy (non-hydrogen) atoms. The minimum atomic E-state index is -0.391. The lowest BCUT2D eigenvalue weighted by molar-refractivity contribution is 0.414. The molecule has 2 aromatic rings. The van der Waals surface area contributed by atoms with E-state index in [9.17, 15) is 4.39 Å². The van der Waals surface area contributed by atoms with Crippen molar-refractivity contribution < 1.29 is 9.13 Å². The molecule has 0 aliphatic carbocycles. The fourth-order valence-electron chi connectivity index (χ4n) is 1.84. The topological polar surface area (TPSA) is 39.1 Å². The Balaban J connectivity index is 1.81. The number of halogens is 1. The fraction of sp³-hybridized carbons (Fsp3) is 0.357. The molecule has 0 radical (unpaired) electrons. The molecule has 0 fully saturated rings. The van der Waals surface area contributed by atoms with Gasteiger partial charge in [-0.2, -0.15) is 5.10 Å². The molecule has 4 nitrogen and oxygen atoms in total. The van der Waals surface area contributed by atoms with Crippen LogP contribution in [0.4, 0.5) is 4.39 Å². The number of nitrogens with one attached hydrogen (secondary N) is 1. The number of alkyl halides is 1. The van der Waals surface area contributed by atoms with Crippen LogP contribution in [0.15, 0.2) is 36.7 Å². The smallest absolute Gasteiger partial charge is 0.119 e. The van der Waals surface area contributed by atoms with Crippen LogP contribution in [0.25, 0.3) is 0 Å². The Morgan fingerprint density at radius 1 is 1.32 bits per heavy atom. The second-order valence-electron chi connectivity index (χ2n) is 4.26. The van der Waals surface area contributed by atoms with Gasteiger partial charge in [-0.1, -0.05) is 12.1 Å². The molecule has 0 aliphatic rings. The van der Waals surface area contributed by atoms with E-state index in [1.807, 2.05) is 30.5 Å². The third kappa shape index (κ3) is 4.06. The van der Waals surface area contributed by atoms with E-state index in [1.165, 1.54) is 0 Å². The van der Waals surface area contributed by atoms with Gasteiger partial charge in [0.1, 0.15) is 12.4 Å². The van der Waals surface area contributed by atoms with Crippen LogP contribution in [0.3, 0.4) is 0 Å². The second kappa shape index (κ2) is 6.89. The first-order valence-electron chi connectivity index (χ1n) is 6.23. The van der Waals surface area contributed by atoms with Gasteiger partial charge in [0.25, 0.3) is 0 Å². The Hall–Kier alpha value is -1.88. The lowest BCUT2D eigenvalue weighted by Gasteiger charge is -2.05. The molecule has 1 aromatic carbocycles. The average molecular weight is 263 g/mol. The molecular weight excluding hydrogens is 245 g/mol. The molecule has 1 aromatic heterocycles. The summed E-state index contributed by atoms with van der Waals surface area (Å²) in [6, 6.07) is 7.93. The van der Waals surface area contributed by atoms with Crippen molar-refractivity contribution in [2.75, 3.05) is 13.8 Å². The molecule has 0 saturated heterocycles. The van der Waals surface area contributed by atoms with Crippen molar-refractivity contribution >= 4 is 0 Å². The van der Waals surface area contributed by atoms with Crippen LogP contribution in [0.5, 0.6) is 5.75 Å². The van der Waals surface area contributed by atoms with Crippen molar-refractivity contribution in [3.63, 3.8) is 0 Å². The van der Waals surface area contributed by atoms with Gasteiger partial charge < -0.3 is 10.1 Å². The van der Waals surface area contributed by atoms with Gasteiger partial charge in [0.2, 0.25) is 0 Å². The van der Waals surface area contributed by atoms with E-state index >= 15 is 0 Å². The van der Waals surface area contributed by atoms with E-state index in [-0.39, 0.29) is 0 Å². The Kier molecular flexibility index (Phi) is 4.92. The number of benzene rings is 1. The second-order valence-corrected chi connectivity index (χ2v) is 4.26. The van der Waals surface area contributed by atoms with Gasteiger partial charge in [-0.05, 0) is 17.7 Å². The third-order valence-corrected chi connectivity index (χ3v) is 2.79. The SMILES string of the molecule is COc1cccc(CNCc2cnn(CCF)c2)c1. The number of rotatable bonds is 7. The van der Waals surface area contributed by atoms with Crippen LogP contribution in [-0.2, 0) is 19.6 Å². The standard InChI is InChI=1S/C14H18FN3O/c1-19-14-4-2-3-12(7-14)8-16-9-13-10-17-18(11-13)6-5-15/h2-4,7,10-11,16H,5-6,8-9H2,1H3. The predicted molar refractivity (Wildman–Crippen MR) is 71.7 cm³/mol. The molecule has 0 spiro atoms. The Morgan fingerprint density at radius 3 is 2.95 bits per heavy atom. The maximum absolute atomic E-state index is 12.1. The maximum Gasteiger partial charge on any atom is 0.119 e. The van der Waals surface area contributed by atoms with Gasteiger partial charge in [-0.15, -0.1) is 0 Å². The molecule has 0 unspecified atom stereocenters. The van der Waals surface area contributed by atoms with Crippen molar-refractivity contribution in [2.45, 2.75) is 19.6 Å². The molecule has 102 valence electrons. The summed E-state index contributed by atoms with van der Waals surface area (Å²) < 4.78 is 18.9. The summed E-state index contributed by atoms with van der Waals surface area (Å²) >= 11 is 0. The summed E-state index contributed by atoms with van der Waals surface area (Å²) in [5.74, 6) is 0.857. The molecule has 1 N–H and O–H groups in total. The summed E-state index contributed by atoms with van der Waals surface area (Å²) in [5.41, 5.74) is 2.21. The number of aromatic nitrogens is 2. The van der Waals surface area contributed by atoms with Gasteiger partial charge in [-0.3, -0.25) is 4.68 Å². The number of hydrogen-bond acceptors (Lipinski definition) is 3. The summed E-state index contributed by atoms with van der Waals surface area (Å²) in [6.45, 7) is 1.39. The van der Waals surface area contributed by atoms with Gasteiger partial charge in [0.05, 0.1) is 19.9 Å². The molecular formula is C14H18FN3O. The van der Waals surface area contributed by atoms with Crippen molar-refractivity contribution in [3.05, 3.63) is 47.8 Å². The van der Waals surface area contributed by atoms with Gasteiger partial charge in [0, 0.05) is 24.8 Å². The molecule has 2 rings (SSSR count). The normalized spacial score (nSPS) is 10.6. The van der Waals surface area contributed by atoms with Crippen molar-refractivity contribution in [1.29, 1.82) is 0 Å². The van der Waals surface area contributed by atoms with Crippen LogP contribution in [-0.4, -0.2) is 23.6 Å². The van der Waals surface area contributed by atoms with Crippen molar-refractivity contribution in [1.82, 2.24) is 15.1 Å². The van der Waals surface area contributed by atoms with Gasteiger partial charge in [0.15, 0.2) is 0 Å². The summed E-state index contributed by atoms with van der Waals surface area (Å²) in [6.07, 6.45) is 3.62. The molecule has 0 aliphatic heterocycles. The Bertz CT molecular complexity index is 513. The highest BCUT2D eigenvalue weighted by Crippen LogP contribution is 2.12. The molecule has 0 amide bonds. The Morgan fingerprint density at radius 2 is 2.16 bits per heavy atom. The lowest BCUT2D eigenvalue weighted by atomic mass is 10.2. The maximum atomic E-state index is 12.1. The highest BCUT2D eigenvalue weighted by Gasteiger charge is 1.99. The average Bonchev–Trinajstić information content (AvgIpc) is 2.87. The first-order valence-corrected chi connectivity index (χ1v) is 6.23. The monoisotopic (exact) mass is 263 g/mol. The number of aryl methyl sites for hydroxylation is 1. The number of methoxy groups -OCH3 is 1. The highest BCUT2D eigenvalue weighted by atomic mass is 19.1.